The summed E-state index contributed by atoms with van der Waals surface area (Å²) < 4.78 is 0. The molecule has 0 aliphatic carbocycles. The highest BCUT2D eigenvalue weighted by Gasteiger charge is 2.18. The standard InChI is InChI=1S/C16H23N3O4S/c1-11(2)6-9-24-15-5-4-13(10-14(15)19(22)23)16(21)18-8-7-17-12(3)20/h4-5,10-11H,6-9H2,1-3H3,(H,17,20)(H,18,21). The van der Waals surface area contributed by atoms with Crippen molar-refractivity contribution in [2.24, 2.45) is 5.92 Å². The van der Waals surface area contributed by atoms with Gasteiger partial charge < -0.3 is 10.6 Å². The maximum Gasteiger partial charge on any atom is 0.283 e. The van der Waals surface area contributed by atoms with E-state index in [0.29, 0.717) is 17.4 Å². The van der Waals surface area contributed by atoms with Crippen LogP contribution in [0, 0.1) is 16.0 Å². The summed E-state index contributed by atoms with van der Waals surface area (Å²) in [5.74, 6) is 0.746. The monoisotopic (exact) mass is 353 g/mol. The van der Waals surface area contributed by atoms with Crippen molar-refractivity contribution in [2.45, 2.75) is 32.1 Å². The van der Waals surface area contributed by atoms with Gasteiger partial charge in [-0.25, -0.2) is 0 Å². The lowest BCUT2D eigenvalue weighted by Gasteiger charge is -2.08. The fourth-order valence-corrected chi connectivity index (χ4v) is 3.10. The first-order chi connectivity index (χ1) is 11.3. The van der Waals surface area contributed by atoms with Gasteiger partial charge in [-0.15, -0.1) is 11.8 Å². The highest BCUT2D eigenvalue weighted by atomic mass is 32.2. The number of nitro groups is 1. The summed E-state index contributed by atoms with van der Waals surface area (Å²) >= 11 is 1.43. The van der Waals surface area contributed by atoms with Crippen LogP contribution in [0.3, 0.4) is 0 Å². The molecule has 0 heterocycles. The first-order valence-electron chi connectivity index (χ1n) is 7.75. The van der Waals surface area contributed by atoms with Crippen LogP contribution in [0.4, 0.5) is 5.69 Å². The summed E-state index contributed by atoms with van der Waals surface area (Å²) in [7, 11) is 0. The van der Waals surface area contributed by atoms with E-state index in [-0.39, 0.29) is 23.7 Å². The van der Waals surface area contributed by atoms with Gasteiger partial charge in [0.05, 0.1) is 9.82 Å². The average Bonchev–Trinajstić information content (AvgIpc) is 2.50. The Balaban J connectivity index is 2.72. The van der Waals surface area contributed by atoms with E-state index >= 15 is 0 Å². The number of hydrogen-bond acceptors (Lipinski definition) is 5. The van der Waals surface area contributed by atoms with E-state index in [1.54, 1.807) is 12.1 Å². The summed E-state index contributed by atoms with van der Waals surface area (Å²) in [6, 6.07) is 4.50. The number of hydrogen-bond donors (Lipinski definition) is 2. The molecule has 0 fully saturated rings. The molecule has 0 aliphatic heterocycles. The van der Waals surface area contributed by atoms with Crippen LogP contribution in [0.15, 0.2) is 23.1 Å². The number of thioether (sulfide) groups is 1. The average molecular weight is 353 g/mol. The number of carbonyl (C=O) groups is 2. The molecule has 0 saturated heterocycles. The molecule has 8 heteroatoms. The molecule has 1 aromatic rings. The number of nitrogens with zero attached hydrogens (tertiary/aromatic N) is 1. The van der Waals surface area contributed by atoms with Crippen LogP contribution in [0.1, 0.15) is 37.6 Å². The van der Waals surface area contributed by atoms with Crippen molar-refractivity contribution >= 4 is 29.3 Å². The van der Waals surface area contributed by atoms with E-state index in [0.717, 1.165) is 12.2 Å². The molecule has 0 bridgehead atoms. The van der Waals surface area contributed by atoms with E-state index in [2.05, 4.69) is 24.5 Å². The molecule has 24 heavy (non-hydrogen) atoms. The van der Waals surface area contributed by atoms with Crippen molar-refractivity contribution in [3.05, 3.63) is 33.9 Å². The Labute approximate surface area is 145 Å². The van der Waals surface area contributed by atoms with Crippen LogP contribution in [-0.4, -0.2) is 35.6 Å². The number of rotatable bonds is 9. The van der Waals surface area contributed by atoms with E-state index in [9.17, 15) is 19.7 Å². The van der Waals surface area contributed by atoms with E-state index in [4.69, 9.17) is 0 Å². The highest BCUT2D eigenvalue weighted by molar-refractivity contribution is 7.99. The van der Waals surface area contributed by atoms with Crippen LogP contribution in [-0.2, 0) is 4.79 Å². The maximum absolute atomic E-state index is 12.0. The molecule has 0 radical (unpaired) electrons. The van der Waals surface area contributed by atoms with Gasteiger partial charge >= 0.3 is 0 Å². The van der Waals surface area contributed by atoms with E-state index in [1.807, 2.05) is 0 Å². The molecule has 0 unspecified atom stereocenters. The second kappa shape index (κ2) is 9.92. The van der Waals surface area contributed by atoms with Crippen LogP contribution < -0.4 is 10.6 Å². The van der Waals surface area contributed by atoms with Gasteiger partial charge in [0.25, 0.3) is 11.6 Å². The quantitative estimate of drug-likeness (QED) is 0.307. The Hall–Kier alpha value is -2.09. The maximum atomic E-state index is 12.0. The lowest BCUT2D eigenvalue weighted by atomic mass is 10.2. The van der Waals surface area contributed by atoms with Gasteiger partial charge in [0, 0.05) is 31.6 Å². The molecule has 0 aromatic heterocycles. The second-order valence-electron chi connectivity index (χ2n) is 5.71. The van der Waals surface area contributed by atoms with Crippen molar-refractivity contribution in [2.75, 3.05) is 18.8 Å². The zero-order valence-electron chi connectivity index (χ0n) is 14.1. The van der Waals surface area contributed by atoms with Crippen LogP contribution in [0.2, 0.25) is 0 Å². The summed E-state index contributed by atoms with van der Waals surface area (Å²) in [5, 5.41) is 16.4. The Kier molecular flexibility index (Phi) is 8.25. The first kappa shape index (κ1) is 20.0. The summed E-state index contributed by atoms with van der Waals surface area (Å²) in [5.41, 5.74) is 0.177. The predicted octanol–water partition coefficient (Wildman–Crippen LogP) is 2.60. The van der Waals surface area contributed by atoms with Gasteiger partial charge in [-0.05, 0) is 30.2 Å². The fraction of sp³-hybridized carbons (Fsp3) is 0.500. The van der Waals surface area contributed by atoms with E-state index in [1.165, 1.54) is 24.8 Å². The van der Waals surface area contributed by atoms with E-state index < -0.39 is 10.8 Å². The zero-order valence-corrected chi connectivity index (χ0v) is 14.9. The molecule has 7 nitrogen and oxygen atoms in total. The lowest BCUT2D eigenvalue weighted by molar-refractivity contribution is -0.387. The minimum absolute atomic E-state index is 0.0572. The third kappa shape index (κ3) is 6.99. The molecule has 0 aliphatic rings. The Morgan fingerprint density at radius 3 is 2.50 bits per heavy atom. The van der Waals surface area contributed by atoms with Gasteiger partial charge in [-0.3, -0.25) is 19.7 Å². The van der Waals surface area contributed by atoms with Crippen molar-refractivity contribution in [3.63, 3.8) is 0 Å². The number of nitro benzene ring substituents is 1. The summed E-state index contributed by atoms with van der Waals surface area (Å²) in [6.45, 7) is 6.16. The molecule has 0 atom stereocenters. The van der Waals surface area contributed by atoms with Gasteiger partial charge in [0.2, 0.25) is 5.91 Å². The normalized spacial score (nSPS) is 10.5. The van der Waals surface area contributed by atoms with Crippen molar-refractivity contribution in [3.8, 4) is 0 Å². The van der Waals surface area contributed by atoms with Crippen molar-refractivity contribution in [1.82, 2.24) is 10.6 Å². The topological polar surface area (TPSA) is 101 Å². The molecule has 2 N–H and O–H groups in total. The molecule has 2 amide bonds. The third-order valence-corrected chi connectivity index (χ3v) is 4.25. The van der Waals surface area contributed by atoms with Gasteiger partial charge in [-0.1, -0.05) is 13.8 Å². The van der Waals surface area contributed by atoms with Gasteiger partial charge in [-0.2, -0.15) is 0 Å². The number of benzene rings is 1. The summed E-state index contributed by atoms with van der Waals surface area (Å²) in [6.07, 6.45) is 0.965. The summed E-state index contributed by atoms with van der Waals surface area (Å²) in [4.78, 5) is 34.1. The third-order valence-electron chi connectivity index (χ3n) is 3.16. The lowest BCUT2D eigenvalue weighted by Crippen LogP contribution is -2.33. The van der Waals surface area contributed by atoms with Gasteiger partial charge in [0.1, 0.15) is 0 Å². The number of carbonyl (C=O) groups excluding carboxylic acids is 2. The minimum Gasteiger partial charge on any atom is -0.355 e. The van der Waals surface area contributed by atoms with Crippen LogP contribution in [0.25, 0.3) is 0 Å². The second-order valence-corrected chi connectivity index (χ2v) is 6.85. The molecule has 1 rings (SSSR count). The smallest absolute Gasteiger partial charge is 0.283 e. The molecule has 1 aromatic carbocycles. The van der Waals surface area contributed by atoms with Crippen LogP contribution in [0.5, 0.6) is 0 Å². The molecular formula is C16H23N3O4S. The number of nitrogens with one attached hydrogen (secondary N) is 2. The molecular weight excluding hydrogens is 330 g/mol. The fourth-order valence-electron chi connectivity index (χ4n) is 1.84. The largest absolute Gasteiger partial charge is 0.355 e. The highest BCUT2D eigenvalue weighted by Crippen LogP contribution is 2.31. The predicted molar refractivity (Wildman–Crippen MR) is 94.3 cm³/mol. The van der Waals surface area contributed by atoms with Crippen molar-refractivity contribution < 1.29 is 14.5 Å². The first-order valence-corrected chi connectivity index (χ1v) is 8.73. The Morgan fingerprint density at radius 1 is 1.25 bits per heavy atom. The zero-order chi connectivity index (χ0) is 18.1. The molecule has 0 saturated carbocycles. The Bertz CT molecular complexity index is 605. The van der Waals surface area contributed by atoms with Gasteiger partial charge in [0.15, 0.2) is 0 Å². The van der Waals surface area contributed by atoms with Crippen LogP contribution >= 0.6 is 11.8 Å². The Morgan fingerprint density at radius 2 is 1.92 bits per heavy atom. The SMILES string of the molecule is CC(=O)NCCNC(=O)c1ccc(SCCC(C)C)c([N+](=O)[O-])c1. The molecule has 132 valence electrons. The van der Waals surface area contributed by atoms with Crippen molar-refractivity contribution in [1.29, 1.82) is 0 Å². The minimum atomic E-state index is -0.466. The molecule has 0 spiro atoms. The number of amides is 2.